The van der Waals surface area contributed by atoms with E-state index in [4.69, 9.17) is 0 Å². The number of hydrogen-bond acceptors (Lipinski definition) is 0. The van der Waals surface area contributed by atoms with E-state index in [2.05, 4.69) is 50.1 Å². The summed E-state index contributed by atoms with van der Waals surface area (Å²) in [6.45, 7) is 0. The minimum absolute atomic E-state index is 0.104. The SMILES string of the molecule is Fc1c(Br)cccc1C(Br)c1ccc2c(c1)CCCC2. The van der Waals surface area contributed by atoms with Gasteiger partial charge in [-0.2, -0.15) is 0 Å². The topological polar surface area (TPSA) is 0 Å². The van der Waals surface area contributed by atoms with Crippen molar-refractivity contribution < 1.29 is 4.39 Å². The van der Waals surface area contributed by atoms with Gasteiger partial charge in [-0.25, -0.2) is 4.39 Å². The van der Waals surface area contributed by atoms with Crippen LogP contribution >= 0.6 is 31.9 Å². The van der Waals surface area contributed by atoms with Crippen molar-refractivity contribution in [1.29, 1.82) is 0 Å². The van der Waals surface area contributed by atoms with Crippen LogP contribution in [-0.4, -0.2) is 0 Å². The van der Waals surface area contributed by atoms with Crippen molar-refractivity contribution in [2.45, 2.75) is 30.5 Å². The van der Waals surface area contributed by atoms with E-state index in [0.29, 0.717) is 10.0 Å². The van der Waals surface area contributed by atoms with Crippen molar-refractivity contribution in [1.82, 2.24) is 0 Å². The third-order valence-corrected chi connectivity index (χ3v) is 5.55. The molecule has 1 aliphatic rings. The van der Waals surface area contributed by atoms with Gasteiger partial charge in [0.15, 0.2) is 0 Å². The number of alkyl halides is 1. The zero-order chi connectivity index (χ0) is 14.1. The van der Waals surface area contributed by atoms with Crippen LogP contribution in [0.4, 0.5) is 4.39 Å². The normalized spacial score (nSPS) is 15.8. The van der Waals surface area contributed by atoms with Crippen LogP contribution in [0.15, 0.2) is 40.9 Å². The number of fused-ring (bicyclic) bond motifs is 1. The van der Waals surface area contributed by atoms with Gasteiger partial charge >= 0.3 is 0 Å². The summed E-state index contributed by atoms with van der Waals surface area (Å²) < 4.78 is 14.7. The van der Waals surface area contributed by atoms with Crippen LogP contribution < -0.4 is 0 Å². The van der Waals surface area contributed by atoms with Gasteiger partial charge in [0.1, 0.15) is 5.82 Å². The van der Waals surface area contributed by atoms with Crippen molar-refractivity contribution >= 4 is 31.9 Å². The number of benzene rings is 2. The fourth-order valence-corrected chi connectivity index (χ4v) is 3.83. The first kappa shape index (κ1) is 14.3. The molecule has 1 atom stereocenters. The van der Waals surface area contributed by atoms with Crippen LogP contribution in [-0.2, 0) is 12.8 Å². The summed E-state index contributed by atoms with van der Waals surface area (Å²) in [5.74, 6) is -0.188. The number of rotatable bonds is 2. The molecule has 0 nitrogen and oxygen atoms in total. The molecule has 0 bridgehead atoms. The second-order valence-electron chi connectivity index (χ2n) is 5.24. The van der Waals surface area contributed by atoms with Crippen LogP contribution in [0, 0.1) is 5.82 Å². The molecule has 104 valence electrons. The molecule has 0 aromatic heterocycles. The Morgan fingerprint density at radius 1 is 1.00 bits per heavy atom. The first-order valence-corrected chi connectivity index (χ1v) is 8.57. The van der Waals surface area contributed by atoms with Gasteiger partial charge in [-0.15, -0.1) is 0 Å². The van der Waals surface area contributed by atoms with Crippen LogP contribution in [0.1, 0.15) is 39.9 Å². The number of hydrogen-bond donors (Lipinski definition) is 0. The lowest BCUT2D eigenvalue weighted by Gasteiger charge is -2.19. The summed E-state index contributed by atoms with van der Waals surface area (Å²) in [6, 6.07) is 12.0. The molecule has 1 aliphatic carbocycles. The Kier molecular flexibility index (Phi) is 4.27. The first-order chi connectivity index (χ1) is 9.66. The average molecular weight is 398 g/mol. The Bertz CT molecular complexity index is 637. The van der Waals surface area contributed by atoms with E-state index in [0.717, 1.165) is 12.0 Å². The van der Waals surface area contributed by atoms with Crippen molar-refractivity contribution in [3.63, 3.8) is 0 Å². The maximum atomic E-state index is 14.2. The van der Waals surface area contributed by atoms with Crippen molar-refractivity contribution in [2.24, 2.45) is 0 Å². The van der Waals surface area contributed by atoms with Gasteiger partial charge in [0.2, 0.25) is 0 Å². The van der Waals surface area contributed by atoms with Crippen molar-refractivity contribution in [3.05, 3.63) is 68.9 Å². The van der Waals surface area contributed by atoms with E-state index in [-0.39, 0.29) is 10.6 Å². The molecule has 0 N–H and O–H groups in total. The molecule has 0 fully saturated rings. The van der Waals surface area contributed by atoms with E-state index in [9.17, 15) is 4.39 Å². The first-order valence-electron chi connectivity index (χ1n) is 6.86. The van der Waals surface area contributed by atoms with Crippen LogP contribution in [0.25, 0.3) is 0 Å². The zero-order valence-corrected chi connectivity index (χ0v) is 14.2. The van der Waals surface area contributed by atoms with Gasteiger partial charge in [0, 0.05) is 5.56 Å². The van der Waals surface area contributed by atoms with Gasteiger partial charge in [-0.3, -0.25) is 0 Å². The van der Waals surface area contributed by atoms with E-state index >= 15 is 0 Å². The lowest BCUT2D eigenvalue weighted by Crippen LogP contribution is -2.05. The molecule has 0 saturated carbocycles. The van der Waals surface area contributed by atoms with Crippen LogP contribution in [0.5, 0.6) is 0 Å². The van der Waals surface area contributed by atoms with Gasteiger partial charge in [-0.05, 0) is 64.4 Å². The average Bonchev–Trinajstić information content (AvgIpc) is 2.49. The highest BCUT2D eigenvalue weighted by Gasteiger charge is 2.18. The predicted molar refractivity (Wildman–Crippen MR) is 88.0 cm³/mol. The molecule has 0 spiro atoms. The Labute approximate surface area is 135 Å². The fourth-order valence-electron chi connectivity index (χ4n) is 2.81. The molecule has 2 aromatic rings. The zero-order valence-electron chi connectivity index (χ0n) is 11.0. The lowest BCUT2D eigenvalue weighted by molar-refractivity contribution is 0.606. The van der Waals surface area contributed by atoms with Crippen molar-refractivity contribution in [3.8, 4) is 0 Å². The molecule has 0 amide bonds. The summed E-state index contributed by atoms with van der Waals surface area (Å²) in [4.78, 5) is -0.104. The number of aryl methyl sites for hydroxylation is 2. The van der Waals surface area contributed by atoms with Crippen LogP contribution in [0.3, 0.4) is 0 Å². The minimum Gasteiger partial charge on any atom is -0.205 e. The van der Waals surface area contributed by atoms with Gasteiger partial charge in [0.05, 0.1) is 9.30 Å². The Morgan fingerprint density at radius 2 is 1.75 bits per heavy atom. The summed E-state index contributed by atoms with van der Waals surface area (Å²) in [5.41, 5.74) is 4.68. The molecule has 20 heavy (non-hydrogen) atoms. The fraction of sp³-hybridized carbons (Fsp3) is 0.294. The monoisotopic (exact) mass is 396 g/mol. The van der Waals surface area contributed by atoms with E-state index in [1.54, 1.807) is 6.07 Å². The molecule has 0 aliphatic heterocycles. The quantitative estimate of drug-likeness (QED) is 0.549. The summed E-state index contributed by atoms with van der Waals surface area (Å²) in [6.07, 6.45) is 4.86. The molecule has 0 saturated heterocycles. The smallest absolute Gasteiger partial charge is 0.142 e. The van der Waals surface area contributed by atoms with E-state index in [1.165, 1.54) is 30.4 Å². The third kappa shape index (κ3) is 2.71. The predicted octanol–water partition coefficient (Wildman–Crippen LogP) is 5.95. The summed E-state index contributed by atoms with van der Waals surface area (Å²) in [7, 11) is 0. The molecular formula is C17H15Br2F. The van der Waals surface area contributed by atoms with E-state index in [1.807, 2.05) is 12.1 Å². The van der Waals surface area contributed by atoms with Gasteiger partial charge in [0.25, 0.3) is 0 Å². The van der Waals surface area contributed by atoms with E-state index < -0.39 is 0 Å². The largest absolute Gasteiger partial charge is 0.205 e. The number of halogens is 3. The van der Waals surface area contributed by atoms with Gasteiger partial charge in [-0.1, -0.05) is 46.3 Å². The Hall–Kier alpha value is -0.670. The lowest BCUT2D eigenvalue weighted by atomic mass is 9.89. The maximum Gasteiger partial charge on any atom is 0.142 e. The molecule has 0 heterocycles. The minimum atomic E-state index is -0.188. The highest BCUT2D eigenvalue weighted by molar-refractivity contribution is 9.10. The molecule has 2 aromatic carbocycles. The second kappa shape index (κ2) is 5.98. The third-order valence-electron chi connectivity index (χ3n) is 3.92. The van der Waals surface area contributed by atoms with Crippen molar-refractivity contribution in [2.75, 3.05) is 0 Å². The molecule has 3 heteroatoms. The summed E-state index contributed by atoms with van der Waals surface area (Å²) >= 11 is 6.90. The molecule has 3 rings (SSSR count). The molecule has 0 radical (unpaired) electrons. The Morgan fingerprint density at radius 3 is 2.55 bits per heavy atom. The Balaban J connectivity index is 1.98. The second-order valence-corrected chi connectivity index (χ2v) is 7.01. The highest BCUT2D eigenvalue weighted by atomic mass is 79.9. The summed E-state index contributed by atoms with van der Waals surface area (Å²) in [5, 5.41) is 0. The van der Waals surface area contributed by atoms with Crippen LogP contribution in [0.2, 0.25) is 0 Å². The standard InChI is InChI=1S/C17H15Br2F/c18-15-7-3-6-14(17(15)20)16(19)13-9-8-11-4-1-2-5-12(11)10-13/h3,6-10,16H,1-2,4-5H2. The highest BCUT2D eigenvalue weighted by Crippen LogP contribution is 2.36. The maximum absolute atomic E-state index is 14.2. The molecular weight excluding hydrogens is 383 g/mol. The van der Waals surface area contributed by atoms with Gasteiger partial charge < -0.3 is 0 Å². The molecule has 1 unspecified atom stereocenters.